The molecule has 2 N–H and O–H groups in total. The Morgan fingerprint density at radius 2 is 2.04 bits per heavy atom. The van der Waals surface area contributed by atoms with Crippen molar-refractivity contribution in [3.8, 4) is 6.07 Å². The molecule has 23 heavy (non-hydrogen) atoms. The van der Waals surface area contributed by atoms with Crippen LogP contribution in [0.2, 0.25) is 0 Å². The van der Waals surface area contributed by atoms with Gasteiger partial charge in [0.2, 0.25) is 0 Å². The maximum Gasteiger partial charge on any atom is 0.252 e. The lowest BCUT2D eigenvalue weighted by Crippen LogP contribution is -2.24. The molecule has 118 valence electrons. The summed E-state index contributed by atoms with van der Waals surface area (Å²) in [5.74, 6) is 0.479. The van der Waals surface area contributed by atoms with Gasteiger partial charge in [0.1, 0.15) is 11.9 Å². The standard InChI is InChI=1S/C18H20N4O/c1-2-3-6-11-20-18(23)15-9-10-17(21-13-15)22-16-8-5-4-7-14(16)12-19/h4-5,7-10,13H,2-3,6,11H2,1H3,(H,20,23)(H,21,22). The summed E-state index contributed by atoms with van der Waals surface area (Å²) in [5.41, 5.74) is 1.77. The summed E-state index contributed by atoms with van der Waals surface area (Å²) in [5, 5.41) is 15.0. The van der Waals surface area contributed by atoms with Gasteiger partial charge in [-0.05, 0) is 30.7 Å². The van der Waals surface area contributed by atoms with Crippen molar-refractivity contribution >= 4 is 17.4 Å². The van der Waals surface area contributed by atoms with Crippen LogP contribution in [-0.2, 0) is 0 Å². The normalized spacial score (nSPS) is 9.91. The summed E-state index contributed by atoms with van der Waals surface area (Å²) in [7, 11) is 0. The molecule has 0 unspecified atom stereocenters. The van der Waals surface area contributed by atoms with Crippen molar-refractivity contribution in [1.29, 1.82) is 5.26 Å². The Balaban J connectivity index is 1.97. The summed E-state index contributed by atoms with van der Waals surface area (Å²) in [6.07, 6.45) is 4.76. The van der Waals surface area contributed by atoms with E-state index in [2.05, 4.69) is 28.6 Å². The molecule has 0 aliphatic carbocycles. The van der Waals surface area contributed by atoms with E-state index < -0.39 is 0 Å². The van der Waals surface area contributed by atoms with Crippen LogP contribution >= 0.6 is 0 Å². The van der Waals surface area contributed by atoms with Crippen LogP contribution in [0.5, 0.6) is 0 Å². The number of unbranched alkanes of at least 4 members (excludes halogenated alkanes) is 2. The predicted molar refractivity (Wildman–Crippen MR) is 90.5 cm³/mol. The van der Waals surface area contributed by atoms with Gasteiger partial charge in [-0.15, -0.1) is 0 Å². The minimum atomic E-state index is -0.113. The third-order valence-electron chi connectivity index (χ3n) is 3.40. The highest BCUT2D eigenvalue weighted by atomic mass is 16.1. The van der Waals surface area contributed by atoms with Crippen molar-refractivity contribution in [3.05, 3.63) is 53.7 Å². The maximum absolute atomic E-state index is 12.0. The number of carbonyl (C=O) groups excluding carboxylic acids is 1. The minimum absolute atomic E-state index is 0.113. The van der Waals surface area contributed by atoms with Crippen LogP contribution in [-0.4, -0.2) is 17.4 Å². The first kappa shape index (κ1) is 16.5. The van der Waals surface area contributed by atoms with Gasteiger partial charge in [0.25, 0.3) is 5.91 Å². The zero-order chi connectivity index (χ0) is 16.5. The van der Waals surface area contributed by atoms with Gasteiger partial charge >= 0.3 is 0 Å². The fourth-order valence-electron chi connectivity index (χ4n) is 2.11. The molecule has 0 saturated carbocycles. The number of amides is 1. The smallest absolute Gasteiger partial charge is 0.252 e. The van der Waals surface area contributed by atoms with Crippen LogP contribution in [0.1, 0.15) is 42.1 Å². The molecule has 0 aliphatic heterocycles. The van der Waals surface area contributed by atoms with E-state index in [1.54, 1.807) is 18.2 Å². The second kappa shape index (κ2) is 8.54. The summed E-state index contributed by atoms with van der Waals surface area (Å²) < 4.78 is 0. The first-order valence-corrected chi connectivity index (χ1v) is 7.75. The monoisotopic (exact) mass is 308 g/mol. The molecule has 5 heteroatoms. The van der Waals surface area contributed by atoms with E-state index in [4.69, 9.17) is 5.26 Å². The number of carbonyl (C=O) groups is 1. The fourth-order valence-corrected chi connectivity index (χ4v) is 2.11. The van der Waals surface area contributed by atoms with Crippen molar-refractivity contribution in [3.63, 3.8) is 0 Å². The Morgan fingerprint density at radius 3 is 2.74 bits per heavy atom. The van der Waals surface area contributed by atoms with Crippen molar-refractivity contribution in [1.82, 2.24) is 10.3 Å². The molecule has 0 fully saturated rings. The molecular formula is C18H20N4O. The highest BCUT2D eigenvalue weighted by molar-refractivity contribution is 5.94. The number of nitriles is 1. The zero-order valence-corrected chi connectivity index (χ0v) is 13.2. The second-order valence-electron chi connectivity index (χ2n) is 5.18. The van der Waals surface area contributed by atoms with E-state index in [1.807, 2.05) is 18.2 Å². The molecule has 5 nitrogen and oxygen atoms in total. The van der Waals surface area contributed by atoms with E-state index in [0.29, 0.717) is 29.2 Å². The van der Waals surface area contributed by atoms with Gasteiger partial charge < -0.3 is 10.6 Å². The molecule has 1 amide bonds. The first-order chi connectivity index (χ1) is 11.2. The van der Waals surface area contributed by atoms with E-state index in [1.165, 1.54) is 6.20 Å². The number of aromatic nitrogens is 1. The van der Waals surface area contributed by atoms with Gasteiger partial charge in [-0.2, -0.15) is 5.26 Å². The summed E-state index contributed by atoms with van der Waals surface area (Å²) in [6, 6.07) is 12.8. The van der Waals surface area contributed by atoms with Crippen LogP contribution in [0.4, 0.5) is 11.5 Å². The van der Waals surface area contributed by atoms with Crippen LogP contribution in [0.25, 0.3) is 0 Å². The van der Waals surface area contributed by atoms with Gasteiger partial charge in [-0.25, -0.2) is 4.98 Å². The molecular weight excluding hydrogens is 288 g/mol. The maximum atomic E-state index is 12.0. The van der Waals surface area contributed by atoms with Crippen molar-refractivity contribution in [2.24, 2.45) is 0 Å². The largest absolute Gasteiger partial charge is 0.352 e. The number of para-hydroxylation sites is 1. The van der Waals surface area contributed by atoms with Gasteiger partial charge in [0, 0.05) is 12.7 Å². The number of hydrogen-bond acceptors (Lipinski definition) is 4. The lowest BCUT2D eigenvalue weighted by molar-refractivity contribution is 0.0952. The quantitative estimate of drug-likeness (QED) is 0.766. The summed E-state index contributed by atoms with van der Waals surface area (Å²) in [4.78, 5) is 16.2. The third kappa shape index (κ3) is 4.82. The van der Waals surface area contributed by atoms with Gasteiger partial charge in [0.15, 0.2) is 0 Å². The highest BCUT2D eigenvalue weighted by Crippen LogP contribution is 2.18. The number of anilines is 2. The Labute approximate surface area is 136 Å². The SMILES string of the molecule is CCCCCNC(=O)c1ccc(Nc2ccccc2C#N)nc1. The molecule has 2 rings (SSSR count). The zero-order valence-electron chi connectivity index (χ0n) is 13.2. The van der Waals surface area contributed by atoms with Crippen molar-refractivity contribution < 1.29 is 4.79 Å². The molecule has 0 atom stereocenters. The topological polar surface area (TPSA) is 77.8 Å². The van der Waals surface area contributed by atoms with Crippen LogP contribution in [0, 0.1) is 11.3 Å². The molecule has 2 aromatic rings. The molecule has 1 aromatic heterocycles. The molecule has 1 heterocycles. The third-order valence-corrected chi connectivity index (χ3v) is 3.40. The van der Waals surface area contributed by atoms with Crippen LogP contribution < -0.4 is 10.6 Å². The van der Waals surface area contributed by atoms with Crippen molar-refractivity contribution in [2.45, 2.75) is 26.2 Å². The van der Waals surface area contributed by atoms with E-state index in [0.717, 1.165) is 19.3 Å². The van der Waals surface area contributed by atoms with E-state index >= 15 is 0 Å². The van der Waals surface area contributed by atoms with E-state index in [9.17, 15) is 4.79 Å². The van der Waals surface area contributed by atoms with Gasteiger partial charge in [-0.1, -0.05) is 31.9 Å². The average Bonchev–Trinajstić information content (AvgIpc) is 2.59. The number of hydrogen-bond donors (Lipinski definition) is 2. The molecule has 0 radical (unpaired) electrons. The van der Waals surface area contributed by atoms with Gasteiger partial charge in [-0.3, -0.25) is 4.79 Å². The highest BCUT2D eigenvalue weighted by Gasteiger charge is 2.06. The summed E-state index contributed by atoms with van der Waals surface area (Å²) >= 11 is 0. The van der Waals surface area contributed by atoms with E-state index in [-0.39, 0.29) is 5.91 Å². The summed E-state index contributed by atoms with van der Waals surface area (Å²) in [6.45, 7) is 2.81. The number of nitrogens with zero attached hydrogens (tertiary/aromatic N) is 2. The lowest BCUT2D eigenvalue weighted by atomic mass is 10.2. The Kier molecular flexibility index (Phi) is 6.13. The number of pyridine rings is 1. The number of rotatable bonds is 7. The number of benzene rings is 1. The molecule has 1 aromatic carbocycles. The molecule has 0 aliphatic rings. The lowest BCUT2D eigenvalue weighted by Gasteiger charge is -2.08. The number of nitrogens with one attached hydrogen (secondary N) is 2. The van der Waals surface area contributed by atoms with Crippen LogP contribution in [0.15, 0.2) is 42.6 Å². The predicted octanol–water partition coefficient (Wildman–Crippen LogP) is 3.62. The second-order valence-corrected chi connectivity index (χ2v) is 5.18. The van der Waals surface area contributed by atoms with Gasteiger partial charge in [0.05, 0.1) is 16.8 Å². The Morgan fingerprint density at radius 1 is 1.22 bits per heavy atom. The average molecular weight is 308 g/mol. The molecule has 0 bridgehead atoms. The Bertz CT molecular complexity index is 689. The minimum Gasteiger partial charge on any atom is -0.352 e. The molecule has 0 saturated heterocycles. The fraction of sp³-hybridized carbons (Fsp3) is 0.278. The molecule has 0 spiro atoms. The van der Waals surface area contributed by atoms with Crippen LogP contribution in [0.3, 0.4) is 0 Å². The Hall–Kier alpha value is -2.87. The van der Waals surface area contributed by atoms with Crippen molar-refractivity contribution in [2.75, 3.05) is 11.9 Å². The first-order valence-electron chi connectivity index (χ1n) is 7.75.